The van der Waals surface area contributed by atoms with Crippen molar-refractivity contribution < 1.29 is 34.2 Å². The number of guanidine groups is 1. The molecule has 0 aromatic carbocycles. The van der Waals surface area contributed by atoms with Gasteiger partial charge in [0.25, 0.3) is 0 Å². The van der Waals surface area contributed by atoms with Crippen LogP contribution in [0.3, 0.4) is 0 Å². The Morgan fingerprint density at radius 2 is 1.80 bits per heavy atom. The van der Waals surface area contributed by atoms with Crippen LogP contribution >= 0.6 is 11.8 Å². The maximum Gasteiger partial charge on any atom is 0.326 e. The molecule has 0 aromatic rings. The number of hydrogen-bond acceptors (Lipinski definition) is 8. The average molecular weight is 518 g/mol. The zero-order valence-electron chi connectivity index (χ0n) is 19.6. The van der Waals surface area contributed by atoms with E-state index in [0.29, 0.717) is 25.0 Å². The Morgan fingerprint density at radius 3 is 2.37 bits per heavy atom. The lowest BCUT2D eigenvalue weighted by atomic mass is 10.1. The minimum absolute atomic E-state index is 0.110. The number of rotatable bonds is 15. The van der Waals surface area contributed by atoms with Crippen LogP contribution in [0.25, 0.3) is 0 Å². The van der Waals surface area contributed by atoms with Crippen molar-refractivity contribution in [2.45, 2.75) is 62.7 Å². The van der Waals surface area contributed by atoms with Crippen LogP contribution in [0.2, 0.25) is 0 Å². The fourth-order valence-electron chi connectivity index (χ4n) is 3.56. The standard InChI is InChI=1S/C20H35N7O7S/c1-35-9-6-11(21)16(30)25-12(4-2-7-24-20(22)23)18(32)27-8-3-5-14(27)17(31)26-13(19(33)34)10-15(28)29/h11-14H,2-10,21H2,1H3,(H,25,30)(H,26,31)(H,28,29)(H,33,34)(H4,22,23,24). The van der Waals surface area contributed by atoms with Gasteiger partial charge in [0.1, 0.15) is 18.1 Å². The molecule has 1 aliphatic heterocycles. The molecule has 1 fully saturated rings. The van der Waals surface area contributed by atoms with E-state index in [1.54, 1.807) is 0 Å². The number of carboxylic acids is 2. The van der Waals surface area contributed by atoms with Gasteiger partial charge in [-0.25, -0.2) is 4.79 Å². The molecule has 14 nitrogen and oxygen atoms in total. The molecule has 35 heavy (non-hydrogen) atoms. The van der Waals surface area contributed by atoms with Crippen LogP contribution in [0.5, 0.6) is 0 Å². The summed E-state index contributed by atoms with van der Waals surface area (Å²) >= 11 is 1.53. The second-order valence-electron chi connectivity index (χ2n) is 8.08. The van der Waals surface area contributed by atoms with E-state index in [0.717, 1.165) is 0 Å². The van der Waals surface area contributed by atoms with E-state index in [4.69, 9.17) is 22.3 Å². The van der Waals surface area contributed by atoms with Gasteiger partial charge >= 0.3 is 11.9 Å². The number of likely N-dealkylation sites (tertiary alicyclic amines) is 1. The van der Waals surface area contributed by atoms with Gasteiger partial charge in [0, 0.05) is 13.1 Å². The third-order valence-corrected chi connectivity index (χ3v) is 6.01. The minimum Gasteiger partial charge on any atom is -0.481 e. The lowest BCUT2D eigenvalue weighted by Crippen LogP contribution is -2.57. The number of carboxylic acid groups (broad SMARTS) is 2. The molecule has 1 rings (SSSR count). The normalized spacial score (nSPS) is 17.7. The van der Waals surface area contributed by atoms with Gasteiger partial charge in [0.2, 0.25) is 17.7 Å². The highest BCUT2D eigenvalue weighted by molar-refractivity contribution is 7.98. The fourth-order valence-corrected chi connectivity index (χ4v) is 4.05. The van der Waals surface area contributed by atoms with Crippen molar-refractivity contribution >= 4 is 47.4 Å². The van der Waals surface area contributed by atoms with Crippen molar-refractivity contribution in [1.29, 1.82) is 0 Å². The lowest BCUT2D eigenvalue weighted by molar-refractivity contribution is -0.148. The molecule has 198 valence electrons. The summed E-state index contributed by atoms with van der Waals surface area (Å²) in [7, 11) is 0. The summed E-state index contributed by atoms with van der Waals surface area (Å²) in [5, 5.41) is 22.9. The zero-order chi connectivity index (χ0) is 26.5. The number of amides is 3. The molecule has 10 N–H and O–H groups in total. The van der Waals surface area contributed by atoms with Crippen LogP contribution < -0.4 is 27.8 Å². The highest BCUT2D eigenvalue weighted by Gasteiger charge is 2.39. The summed E-state index contributed by atoms with van der Waals surface area (Å²) in [6.45, 7) is 0.437. The van der Waals surface area contributed by atoms with Gasteiger partial charge < -0.3 is 42.9 Å². The summed E-state index contributed by atoms with van der Waals surface area (Å²) < 4.78 is 0. The molecule has 1 aliphatic rings. The molecule has 3 amide bonds. The highest BCUT2D eigenvalue weighted by atomic mass is 32.2. The Balaban J connectivity index is 2.97. The minimum atomic E-state index is -1.64. The number of nitrogens with one attached hydrogen (secondary N) is 2. The second kappa shape index (κ2) is 15.0. The van der Waals surface area contributed by atoms with E-state index < -0.39 is 60.2 Å². The molecule has 1 heterocycles. The van der Waals surface area contributed by atoms with Gasteiger partial charge in [-0.1, -0.05) is 0 Å². The molecule has 4 unspecified atom stereocenters. The van der Waals surface area contributed by atoms with Gasteiger partial charge in [0.05, 0.1) is 12.5 Å². The summed E-state index contributed by atoms with van der Waals surface area (Å²) in [5.41, 5.74) is 16.6. The molecule has 1 saturated heterocycles. The molecule has 0 aromatic heterocycles. The molecular formula is C20H35N7O7S. The SMILES string of the molecule is CSCCC(N)C(=O)NC(CCCN=C(N)N)C(=O)N1CCCC1C(=O)NC(CC(=O)O)C(=O)O. The van der Waals surface area contributed by atoms with E-state index in [1.165, 1.54) is 16.7 Å². The highest BCUT2D eigenvalue weighted by Crippen LogP contribution is 2.20. The predicted octanol–water partition coefficient (Wildman–Crippen LogP) is -2.36. The Labute approximate surface area is 207 Å². The van der Waals surface area contributed by atoms with E-state index in [9.17, 15) is 29.1 Å². The topological polar surface area (TPSA) is 244 Å². The molecule has 15 heteroatoms. The summed E-state index contributed by atoms with van der Waals surface area (Å²) in [4.78, 5) is 66.0. The van der Waals surface area contributed by atoms with Crippen LogP contribution in [-0.2, 0) is 24.0 Å². The molecule has 0 radical (unpaired) electrons. The number of carbonyl (C=O) groups excluding carboxylic acids is 3. The molecular weight excluding hydrogens is 482 g/mol. The van der Waals surface area contributed by atoms with Crippen LogP contribution in [-0.4, -0.2) is 100.0 Å². The second-order valence-corrected chi connectivity index (χ2v) is 9.07. The molecule has 4 atom stereocenters. The van der Waals surface area contributed by atoms with E-state index >= 15 is 0 Å². The number of nitrogens with two attached hydrogens (primary N) is 3. The smallest absolute Gasteiger partial charge is 0.326 e. The Hall–Kier alpha value is -3.07. The Kier molecular flexibility index (Phi) is 12.9. The molecule has 0 saturated carbocycles. The molecule has 0 aliphatic carbocycles. The summed E-state index contributed by atoms with van der Waals surface area (Å²) in [6.07, 6.45) is 2.76. The largest absolute Gasteiger partial charge is 0.481 e. The van der Waals surface area contributed by atoms with Crippen LogP contribution in [0, 0.1) is 0 Å². The summed E-state index contributed by atoms with van der Waals surface area (Å²) in [5.74, 6) is -4.14. The number of carbonyl (C=O) groups is 5. The number of nitrogens with zero attached hydrogens (tertiary/aromatic N) is 2. The number of thioether (sulfide) groups is 1. The first-order chi connectivity index (χ1) is 16.5. The van der Waals surface area contributed by atoms with Crippen molar-refractivity contribution in [3.05, 3.63) is 0 Å². The lowest BCUT2D eigenvalue weighted by Gasteiger charge is -2.30. The maximum atomic E-state index is 13.3. The molecule has 0 bridgehead atoms. The van der Waals surface area contributed by atoms with E-state index in [2.05, 4.69) is 15.6 Å². The monoisotopic (exact) mass is 517 g/mol. The maximum absolute atomic E-state index is 13.3. The van der Waals surface area contributed by atoms with Crippen molar-refractivity contribution in [2.75, 3.05) is 25.1 Å². The molecule has 0 spiro atoms. The summed E-state index contributed by atoms with van der Waals surface area (Å²) in [6, 6.07) is -4.46. The quantitative estimate of drug-likeness (QED) is 0.0688. The Morgan fingerprint density at radius 1 is 1.11 bits per heavy atom. The third kappa shape index (κ3) is 10.4. The van der Waals surface area contributed by atoms with Crippen molar-refractivity contribution in [3.63, 3.8) is 0 Å². The first-order valence-corrected chi connectivity index (χ1v) is 12.5. The third-order valence-electron chi connectivity index (χ3n) is 5.36. The first-order valence-electron chi connectivity index (χ1n) is 11.1. The van der Waals surface area contributed by atoms with Crippen molar-refractivity contribution in [3.8, 4) is 0 Å². The van der Waals surface area contributed by atoms with Crippen molar-refractivity contribution in [2.24, 2.45) is 22.2 Å². The van der Waals surface area contributed by atoms with Gasteiger partial charge in [0.15, 0.2) is 5.96 Å². The van der Waals surface area contributed by atoms with Gasteiger partial charge in [-0.05, 0) is 44.1 Å². The zero-order valence-corrected chi connectivity index (χ0v) is 20.5. The predicted molar refractivity (Wildman–Crippen MR) is 129 cm³/mol. The van der Waals surface area contributed by atoms with E-state index in [1.807, 2.05) is 6.26 Å². The number of aliphatic imine (C=N–C) groups is 1. The fraction of sp³-hybridized carbons (Fsp3) is 0.700. The van der Waals surface area contributed by atoms with E-state index in [-0.39, 0.29) is 31.9 Å². The van der Waals surface area contributed by atoms with Gasteiger partial charge in [-0.15, -0.1) is 0 Å². The Bertz CT molecular complexity index is 807. The number of aliphatic carboxylic acids is 2. The average Bonchev–Trinajstić information content (AvgIpc) is 3.27. The van der Waals surface area contributed by atoms with Crippen LogP contribution in [0.1, 0.15) is 38.5 Å². The van der Waals surface area contributed by atoms with Gasteiger partial charge in [-0.3, -0.25) is 24.2 Å². The van der Waals surface area contributed by atoms with Crippen LogP contribution in [0.15, 0.2) is 4.99 Å². The van der Waals surface area contributed by atoms with Gasteiger partial charge in [-0.2, -0.15) is 11.8 Å². The number of hydrogen-bond donors (Lipinski definition) is 7. The van der Waals surface area contributed by atoms with Crippen LogP contribution in [0.4, 0.5) is 0 Å². The first kappa shape index (κ1) is 30.0. The van der Waals surface area contributed by atoms with Crippen molar-refractivity contribution in [1.82, 2.24) is 15.5 Å².